The molecule has 2 rings (SSSR count). The van der Waals surface area contributed by atoms with Gasteiger partial charge in [0.25, 0.3) is 0 Å². The van der Waals surface area contributed by atoms with Gasteiger partial charge in [0.15, 0.2) is 11.7 Å². The fourth-order valence-corrected chi connectivity index (χ4v) is 1.84. The summed E-state index contributed by atoms with van der Waals surface area (Å²) in [6.07, 6.45) is 2.14. The van der Waals surface area contributed by atoms with Gasteiger partial charge in [0.05, 0.1) is 6.20 Å². The van der Waals surface area contributed by atoms with Crippen molar-refractivity contribution in [3.8, 4) is 11.3 Å². The number of benzene rings is 1. The van der Waals surface area contributed by atoms with Crippen LogP contribution >= 0.6 is 0 Å². The van der Waals surface area contributed by atoms with Crippen LogP contribution in [0.15, 0.2) is 28.8 Å². The molecule has 20 heavy (non-hydrogen) atoms. The zero-order valence-corrected chi connectivity index (χ0v) is 11.6. The second-order valence-corrected chi connectivity index (χ2v) is 5.12. The first kappa shape index (κ1) is 14.7. The maximum atomic E-state index is 13.1. The van der Waals surface area contributed by atoms with Crippen LogP contribution in [0.4, 0.5) is 8.78 Å². The highest BCUT2D eigenvalue weighted by atomic mass is 19.1. The van der Waals surface area contributed by atoms with Crippen LogP contribution in [0.3, 0.4) is 0 Å². The molecule has 0 radical (unpaired) electrons. The number of nitrogens with one attached hydrogen (secondary N) is 1. The third-order valence-corrected chi connectivity index (χ3v) is 2.77. The van der Waals surface area contributed by atoms with E-state index in [2.05, 4.69) is 24.1 Å². The molecular formula is C15H18F2N2O. The van der Waals surface area contributed by atoms with E-state index in [0.717, 1.165) is 19.2 Å². The van der Waals surface area contributed by atoms with Crippen molar-refractivity contribution >= 4 is 0 Å². The van der Waals surface area contributed by atoms with E-state index in [0.29, 0.717) is 29.6 Å². The summed E-state index contributed by atoms with van der Waals surface area (Å²) in [5.41, 5.74) is 0.358. The second kappa shape index (κ2) is 6.61. The molecule has 1 N–H and O–H groups in total. The minimum Gasteiger partial charge on any atom is -0.441 e. The third kappa shape index (κ3) is 4.13. The predicted octanol–water partition coefficient (Wildman–Crippen LogP) is 3.41. The largest absolute Gasteiger partial charge is 0.441 e. The molecule has 1 aromatic heterocycles. The van der Waals surface area contributed by atoms with Gasteiger partial charge >= 0.3 is 0 Å². The number of hydrogen-bond acceptors (Lipinski definition) is 3. The molecule has 5 heteroatoms. The molecule has 1 aromatic carbocycles. The lowest BCUT2D eigenvalue weighted by atomic mass is 10.2. The molecule has 2 aromatic rings. The normalized spacial score (nSPS) is 11.2. The lowest BCUT2D eigenvalue weighted by Crippen LogP contribution is -2.22. The molecule has 0 fully saturated rings. The number of aromatic nitrogens is 1. The van der Waals surface area contributed by atoms with E-state index >= 15 is 0 Å². The first-order chi connectivity index (χ1) is 9.54. The molecule has 1 heterocycles. The van der Waals surface area contributed by atoms with E-state index in [9.17, 15) is 8.78 Å². The Bertz CT molecular complexity index is 547. The van der Waals surface area contributed by atoms with Crippen molar-refractivity contribution in [2.75, 3.05) is 13.1 Å². The molecule has 0 saturated carbocycles. The summed E-state index contributed by atoms with van der Waals surface area (Å²) in [6, 6.07) is 3.28. The van der Waals surface area contributed by atoms with Crippen LogP contribution in [0.1, 0.15) is 19.7 Å². The van der Waals surface area contributed by atoms with Crippen molar-refractivity contribution in [1.82, 2.24) is 10.3 Å². The first-order valence-corrected chi connectivity index (χ1v) is 6.66. The average Bonchev–Trinajstić information content (AvgIpc) is 2.82. The van der Waals surface area contributed by atoms with E-state index in [-0.39, 0.29) is 0 Å². The van der Waals surface area contributed by atoms with Gasteiger partial charge in [0, 0.05) is 24.6 Å². The van der Waals surface area contributed by atoms with Crippen LogP contribution in [0.25, 0.3) is 11.3 Å². The highest BCUT2D eigenvalue weighted by molar-refractivity contribution is 5.56. The molecule has 0 bridgehead atoms. The second-order valence-electron chi connectivity index (χ2n) is 5.12. The zero-order valence-electron chi connectivity index (χ0n) is 11.6. The zero-order chi connectivity index (χ0) is 14.5. The third-order valence-electron chi connectivity index (χ3n) is 2.77. The Labute approximate surface area is 117 Å². The van der Waals surface area contributed by atoms with E-state index < -0.39 is 11.6 Å². The quantitative estimate of drug-likeness (QED) is 0.824. The van der Waals surface area contributed by atoms with Crippen molar-refractivity contribution in [3.63, 3.8) is 0 Å². The average molecular weight is 280 g/mol. The number of rotatable bonds is 6. The fraction of sp³-hybridized carbons (Fsp3) is 0.400. The fourth-order valence-electron chi connectivity index (χ4n) is 1.84. The highest BCUT2D eigenvalue weighted by Crippen LogP contribution is 2.22. The Kier molecular flexibility index (Phi) is 4.84. The van der Waals surface area contributed by atoms with Crippen molar-refractivity contribution in [3.05, 3.63) is 41.9 Å². The van der Waals surface area contributed by atoms with Gasteiger partial charge in [-0.05, 0) is 24.6 Å². The summed E-state index contributed by atoms with van der Waals surface area (Å²) >= 11 is 0. The maximum Gasteiger partial charge on any atom is 0.196 e. The molecule has 0 aliphatic rings. The van der Waals surface area contributed by atoms with Crippen LogP contribution in [0.5, 0.6) is 0 Å². The highest BCUT2D eigenvalue weighted by Gasteiger charge is 2.09. The summed E-state index contributed by atoms with van der Waals surface area (Å²) in [4.78, 5) is 4.12. The van der Waals surface area contributed by atoms with E-state index in [1.807, 2.05) is 0 Å². The van der Waals surface area contributed by atoms with Crippen molar-refractivity contribution < 1.29 is 13.2 Å². The number of nitrogens with zero attached hydrogens (tertiary/aromatic N) is 1. The van der Waals surface area contributed by atoms with Crippen LogP contribution in [0.2, 0.25) is 0 Å². The molecule has 0 amide bonds. The molecule has 0 saturated heterocycles. The number of halogens is 2. The van der Waals surface area contributed by atoms with Crippen LogP contribution < -0.4 is 5.32 Å². The van der Waals surface area contributed by atoms with Gasteiger partial charge in [-0.25, -0.2) is 13.8 Å². The maximum absolute atomic E-state index is 13.1. The smallest absolute Gasteiger partial charge is 0.196 e. The SMILES string of the molecule is CC(C)CNCCc1ncc(-c2cc(F)cc(F)c2)o1. The van der Waals surface area contributed by atoms with Gasteiger partial charge in [-0.3, -0.25) is 0 Å². The van der Waals surface area contributed by atoms with Gasteiger partial charge < -0.3 is 9.73 Å². The van der Waals surface area contributed by atoms with Crippen molar-refractivity contribution in [1.29, 1.82) is 0 Å². The predicted molar refractivity (Wildman–Crippen MR) is 73.3 cm³/mol. The van der Waals surface area contributed by atoms with Crippen molar-refractivity contribution in [2.24, 2.45) is 5.92 Å². The van der Waals surface area contributed by atoms with Gasteiger partial charge in [-0.1, -0.05) is 13.8 Å². The molecule has 0 spiro atoms. The Morgan fingerprint density at radius 1 is 1.20 bits per heavy atom. The van der Waals surface area contributed by atoms with E-state index in [1.54, 1.807) is 0 Å². The molecule has 3 nitrogen and oxygen atoms in total. The number of oxazole rings is 1. The topological polar surface area (TPSA) is 38.1 Å². The van der Waals surface area contributed by atoms with Crippen LogP contribution in [-0.4, -0.2) is 18.1 Å². The lowest BCUT2D eigenvalue weighted by molar-refractivity contribution is 0.482. The molecule has 0 aliphatic heterocycles. The van der Waals surface area contributed by atoms with Crippen LogP contribution in [-0.2, 0) is 6.42 Å². The Morgan fingerprint density at radius 2 is 1.90 bits per heavy atom. The van der Waals surface area contributed by atoms with E-state index in [4.69, 9.17) is 4.42 Å². The summed E-state index contributed by atoms with van der Waals surface area (Å²) in [5, 5.41) is 3.28. The Morgan fingerprint density at radius 3 is 2.55 bits per heavy atom. The number of hydrogen-bond donors (Lipinski definition) is 1. The molecule has 108 valence electrons. The summed E-state index contributed by atoms with van der Waals surface area (Å²) in [6.45, 7) is 5.96. The molecule has 0 aliphatic carbocycles. The van der Waals surface area contributed by atoms with Gasteiger partial charge in [0.1, 0.15) is 11.6 Å². The molecule has 0 unspecified atom stereocenters. The summed E-state index contributed by atoms with van der Waals surface area (Å²) in [5.74, 6) is 0.265. The standard InChI is InChI=1S/C15H18F2N2O/c1-10(2)8-18-4-3-15-19-9-14(20-15)11-5-12(16)7-13(17)6-11/h5-7,9-10,18H,3-4,8H2,1-2H3. The monoisotopic (exact) mass is 280 g/mol. The molecular weight excluding hydrogens is 262 g/mol. The summed E-state index contributed by atoms with van der Waals surface area (Å²) in [7, 11) is 0. The minimum absolute atomic E-state index is 0.358. The first-order valence-electron chi connectivity index (χ1n) is 6.66. The lowest BCUT2D eigenvalue weighted by Gasteiger charge is -2.05. The van der Waals surface area contributed by atoms with E-state index in [1.165, 1.54) is 18.3 Å². The van der Waals surface area contributed by atoms with Crippen molar-refractivity contribution in [2.45, 2.75) is 20.3 Å². The minimum atomic E-state index is -0.628. The summed E-state index contributed by atoms with van der Waals surface area (Å²) < 4.78 is 31.8. The van der Waals surface area contributed by atoms with Gasteiger partial charge in [-0.2, -0.15) is 0 Å². The molecule has 0 atom stereocenters. The Hall–Kier alpha value is -1.75. The Balaban J connectivity index is 1.98. The van der Waals surface area contributed by atoms with Gasteiger partial charge in [0.2, 0.25) is 0 Å². The van der Waals surface area contributed by atoms with Crippen LogP contribution in [0, 0.1) is 17.6 Å². The van der Waals surface area contributed by atoms with Gasteiger partial charge in [-0.15, -0.1) is 0 Å².